The molecule has 4 nitrogen and oxygen atoms in total. The van der Waals surface area contributed by atoms with Crippen LogP contribution in [-0.4, -0.2) is 49.7 Å². The van der Waals surface area contributed by atoms with E-state index in [0.717, 1.165) is 45.7 Å². The Labute approximate surface area is 116 Å². The maximum atomic E-state index is 12.4. The van der Waals surface area contributed by atoms with Gasteiger partial charge in [0, 0.05) is 26.3 Å². The molecule has 2 heterocycles. The molecule has 19 heavy (non-hydrogen) atoms. The van der Waals surface area contributed by atoms with Gasteiger partial charge in [0.2, 0.25) is 5.91 Å². The normalized spacial score (nSPS) is 23.9. The fourth-order valence-electron chi connectivity index (χ4n) is 2.95. The van der Waals surface area contributed by atoms with E-state index in [0.29, 0.717) is 5.92 Å². The van der Waals surface area contributed by atoms with E-state index < -0.39 is 0 Å². The van der Waals surface area contributed by atoms with E-state index in [-0.39, 0.29) is 11.9 Å². The molecule has 2 fully saturated rings. The molecule has 0 aromatic carbocycles. The van der Waals surface area contributed by atoms with Crippen molar-refractivity contribution in [2.45, 2.75) is 51.5 Å². The van der Waals surface area contributed by atoms with Crippen molar-refractivity contribution in [2.24, 2.45) is 5.92 Å². The van der Waals surface area contributed by atoms with Crippen LogP contribution in [0.15, 0.2) is 0 Å². The molecule has 0 aromatic heterocycles. The maximum absolute atomic E-state index is 12.4. The Bertz CT molecular complexity index is 269. The molecule has 1 amide bonds. The van der Waals surface area contributed by atoms with Gasteiger partial charge in [0.15, 0.2) is 0 Å². The Morgan fingerprint density at radius 1 is 1.21 bits per heavy atom. The summed E-state index contributed by atoms with van der Waals surface area (Å²) in [6.07, 6.45) is 7.12. The summed E-state index contributed by atoms with van der Waals surface area (Å²) in [5, 5.41) is 3.42. The van der Waals surface area contributed by atoms with Crippen molar-refractivity contribution >= 4 is 5.91 Å². The first-order valence-electron chi connectivity index (χ1n) is 7.87. The van der Waals surface area contributed by atoms with Gasteiger partial charge in [0.25, 0.3) is 0 Å². The number of likely N-dealkylation sites (tertiary alicyclic amines) is 1. The predicted molar refractivity (Wildman–Crippen MR) is 76.1 cm³/mol. The van der Waals surface area contributed by atoms with Crippen molar-refractivity contribution < 1.29 is 9.53 Å². The summed E-state index contributed by atoms with van der Waals surface area (Å²) < 4.78 is 5.36. The molecular formula is C15H28N2O2. The van der Waals surface area contributed by atoms with E-state index in [2.05, 4.69) is 10.2 Å². The van der Waals surface area contributed by atoms with E-state index in [4.69, 9.17) is 4.74 Å². The SMILES string of the molecule is CC(NCC1CCOCC1)C(=O)N1CCCCCC1. The lowest BCUT2D eigenvalue weighted by Crippen LogP contribution is -2.46. The number of carbonyl (C=O) groups excluding carboxylic acids is 1. The number of rotatable bonds is 4. The predicted octanol–water partition coefficient (Wildman–Crippen LogP) is 1.79. The van der Waals surface area contributed by atoms with Gasteiger partial charge < -0.3 is 15.0 Å². The van der Waals surface area contributed by atoms with Gasteiger partial charge >= 0.3 is 0 Å². The molecule has 0 aliphatic carbocycles. The number of carbonyl (C=O) groups is 1. The number of hydrogen-bond acceptors (Lipinski definition) is 3. The molecule has 2 saturated heterocycles. The summed E-state index contributed by atoms with van der Waals surface area (Å²) in [5.74, 6) is 0.960. The molecule has 1 atom stereocenters. The molecule has 2 rings (SSSR count). The highest BCUT2D eigenvalue weighted by Crippen LogP contribution is 2.14. The lowest BCUT2D eigenvalue weighted by atomic mass is 10.00. The van der Waals surface area contributed by atoms with Gasteiger partial charge in [-0.1, -0.05) is 12.8 Å². The highest BCUT2D eigenvalue weighted by Gasteiger charge is 2.22. The Hall–Kier alpha value is -0.610. The smallest absolute Gasteiger partial charge is 0.239 e. The lowest BCUT2D eigenvalue weighted by Gasteiger charge is -2.27. The van der Waals surface area contributed by atoms with Crippen molar-refractivity contribution in [1.82, 2.24) is 10.2 Å². The molecule has 4 heteroatoms. The number of hydrogen-bond donors (Lipinski definition) is 1. The molecule has 1 N–H and O–H groups in total. The zero-order chi connectivity index (χ0) is 13.5. The minimum atomic E-state index is -0.0408. The van der Waals surface area contributed by atoms with E-state index in [9.17, 15) is 4.79 Å². The molecule has 0 bridgehead atoms. The molecule has 1 unspecified atom stereocenters. The summed E-state index contributed by atoms with van der Waals surface area (Å²) in [7, 11) is 0. The first kappa shape index (κ1) is 14.8. The second-order valence-electron chi connectivity index (χ2n) is 5.93. The van der Waals surface area contributed by atoms with Crippen LogP contribution in [0.5, 0.6) is 0 Å². The number of nitrogens with one attached hydrogen (secondary N) is 1. The number of ether oxygens (including phenoxy) is 1. The second-order valence-corrected chi connectivity index (χ2v) is 5.93. The standard InChI is InChI=1S/C15H28N2O2/c1-13(16-12-14-6-10-19-11-7-14)15(18)17-8-4-2-3-5-9-17/h13-14,16H,2-12H2,1H3. The van der Waals surface area contributed by atoms with Gasteiger partial charge in [0.05, 0.1) is 6.04 Å². The number of nitrogens with zero attached hydrogens (tertiary/aromatic N) is 1. The minimum Gasteiger partial charge on any atom is -0.381 e. The van der Waals surface area contributed by atoms with E-state index in [1.54, 1.807) is 0 Å². The largest absolute Gasteiger partial charge is 0.381 e. The summed E-state index contributed by atoms with van der Waals surface area (Å²) in [5.41, 5.74) is 0. The summed E-state index contributed by atoms with van der Waals surface area (Å²) in [6, 6.07) is -0.0408. The Balaban J connectivity index is 1.71. The van der Waals surface area contributed by atoms with Crippen molar-refractivity contribution in [1.29, 1.82) is 0 Å². The van der Waals surface area contributed by atoms with Gasteiger partial charge in [-0.2, -0.15) is 0 Å². The molecule has 110 valence electrons. The quantitative estimate of drug-likeness (QED) is 0.845. The zero-order valence-electron chi connectivity index (χ0n) is 12.2. The molecule has 0 radical (unpaired) electrons. The Morgan fingerprint density at radius 3 is 2.47 bits per heavy atom. The van der Waals surface area contributed by atoms with Crippen molar-refractivity contribution in [2.75, 3.05) is 32.8 Å². The van der Waals surface area contributed by atoms with Crippen LogP contribution in [0.3, 0.4) is 0 Å². The van der Waals surface area contributed by atoms with Crippen molar-refractivity contribution in [3.8, 4) is 0 Å². The number of amides is 1. The fourth-order valence-corrected chi connectivity index (χ4v) is 2.95. The van der Waals surface area contributed by atoms with Crippen LogP contribution in [0.2, 0.25) is 0 Å². The average Bonchev–Trinajstić information content (AvgIpc) is 2.74. The van der Waals surface area contributed by atoms with Crippen LogP contribution in [-0.2, 0) is 9.53 Å². The molecule has 0 saturated carbocycles. The topological polar surface area (TPSA) is 41.6 Å². The minimum absolute atomic E-state index is 0.0408. The van der Waals surface area contributed by atoms with Crippen molar-refractivity contribution in [3.63, 3.8) is 0 Å². The first-order chi connectivity index (χ1) is 9.27. The third-order valence-electron chi connectivity index (χ3n) is 4.34. The highest BCUT2D eigenvalue weighted by atomic mass is 16.5. The maximum Gasteiger partial charge on any atom is 0.239 e. The lowest BCUT2D eigenvalue weighted by molar-refractivity contribution is -0.133. The molecule has 2 aliphatic rings. The average molecular weight is 268 g/mol. The van der Waals surface area contributed by atoms with Gasteiger partial charge in [-0.3, -0.25) is 4.79 Å². The molecular weight excluding hydrogens is 240 g/mol. The van der Waals surface area contributed by atoms with E-state index in [1.165, 1.54) is 25.7 Å². The van der Waals surface area contributed by atoms with Gasteiger partial charge in [0.1, 0.15) is 0 Å². The highest BCUT2D eigenvalue weighted by molar-refractivity contribution is 5.81. The monoisotopic (exact) mass is 268 g/mol. The van der Waals surface area contributed by atoms with Crippen LogP contribution in [0.4, 0.5) is 0 Å². The Kier molecular flexibility index (Phi) is 6.11. The van der Waals surface area contributed by atoms with Crippen molar-refractivity contribution in [3.05, 3.63) is 0 Å². The fraction of sp³-hybridized carbons (Fsp3) is 0.933. The zero-order valence-corrected chi connectivity index (χ0v) is 12.2. The van der Waals surface area contributed by atoms with Gasteiger partial charge in [-0.05, 0) is 45.1 Å². The van der Waals surface area contributed by atoms with Crippen LogP contribution in [0, 0.1) is 5.92 Å². The molecule has 0 aromatic rings. The summed E-state index contributed by atoms with van der Waals surface area (Å²) in [4.78, 5) is 14.4. The Morgan fingerprint density at radius 2 is 1.84 bits per heavy atom. The summed E-state index contributed by atoms with van der Waals surface area (Å²) >= 11 is 0. The van der Waals surface area contributed by atoms with Gasteiger partial charge in [-0.25, -0.2) is 0 Å². The first-order valence-corrected chi connectivity index (χ1v) is 7.87. The van der Waals surface area contributed by atoms with Crippen LogP contribution < -0.4 is 5.32 Å². The van der Waals surface area contributed by atoms with Crippen LogP contribution in [0.1, 0.15) is 45.4 Å². The van der Waals surface area contributed by atoms with Crippen LogP contribution in [0.25, 0.3) is 0 Å². The summed E-state index contributed by atoms with van der Waals surface area (Å²) in [6.45, 7) is 6.60. The molecule has 0 spiro atoms. The third kappa shape index (κ3) is 4.77. The van der Waals surface area contributed by atoms with E-state index >= 15 is 0 Å². The van der Waals surface area contributed by atoms with Gasteiger partial charge in [-0.15, -0.1) is 0 Å². The molecule has 2 aliphatic heterocycles. The third-order valence-corrected chi connectivity index (χ3v) is 4.34. The van der Waals surface area contributed by atoms with Crippen LogP contribution >= 0.6 is 0 Å². The van der Waals surface area contributed by atoms with E-state index in [1.807, 2.05) is 6.92 Å². The second kappa shape index (κ2) is 7.85.